The van der Waals surface area contributed by atoms with Crippen LogP contribution < -0.4 is 5.32 Å². The number of benzene rings is 1. The molecule has 104 valence electrons. The van der Waals surface area contributed by atoms with Crippen molar-refractivity contribution in [1.82, 2.24) is 0 Å². The average Bonchev–Trinajstić information content (AvgIpc) is 2.35. The lowest BCUT2D eigenvalue weighted by Gasteiger charge is -2.32. The van der Waals surface area contributed by atoms with E-state index >= 15 is 0 Å². The van der Waals surface area contributed by atoms with Gasteiger partial charge in [0, 0.05) is 10.7 Å². The van der Waals surface area contributed by atoms with E-state index in [4.69, 9.17) is 11.6 Å². The maximum Gasteiger partial charge on any atom is 0.326 e. The molecule has 0 aliphatic heterocycles. The van der Waals surface area contributed by atoms with Crippen LogP contribution in [0.25, 0.3) is 0 Å². The third-order valence-corrected chi connectivity index (χ3v) is 4.10. The van der Waals surface area contributed by atoms with Gasteiger partial charge in [-0.25, -0.2) is 4.79 Å². The second kappa shape index (κ2) is 6.29. The number of carbonyl (C=O) groups is 1. The van der Waals surface area contributed by atoms with Gasteiger partial charge in [-0.05, 0) is 42.9 Å². The minimum absolute atomic E-state index is 0.195. The van der Waals surface area contributed by atoms with E-state index < -0.39 is 12.0 Å². The monoisotopic (exact) mass is 281 g/mol. The van der Waals surface area contributed by atoms with Crippen LogP contribution in [0.15, 0.2) is 24.3 Å². The molecule has 3 atom stereocenters. The minimum Gasteiger partial charge on any atom is -0.480 e. The van der Waals surface area contributed by atoms with Crippen LogP contribution >= 0.6 is 11.6 Å². The van der Waals surface area contributed by atoms with Gasteiger partial charge in [0.15, 0.2) is 0 Å². The van der Waals surface area contributed by atoms with Crippen molar-refractivity contribution < 1.29 is 9.90 Å². The zero-order chi connectivity index (χ0) is 13.8. The van der Waals surface area contributed by atoms with Crippen molar-refractivity contribution >= 4 is 23.3 Å². The molecule has 4 heteroatoms. The quantitative estimate of drug-likeness (QED) is 0.876. The van der Waals surface area contributed by atoms with Gasteiger partial charge in [-0.3, -0.25) is 0 Å². The fourth-order valence-electron chi connectivity index (χ4n) is 2.92. The van der Waals surface area contributed by atoms with Crippen LogP contribution in [0.2, 0.25) is 5.02 Å². The highest BCUT2D eigenvalue weighted by molar-refractivity contribution is 6.30. The number of carboxylic acid groups (broad SMARTS) is 1. The molecular formula is C15H20ClNO2. The Morgan fingerprint density at radius 2 is 2.26 bits per heavy atom. The summed E-state index contributed by atoms with van der Waals surface area (Å²) in [6.07, 6.45) is 4.28. The molecule has 0 radical (unpaired) electrons. The molecule has 0 saturated heterocycles. The van der Waals surface area contributed by atoms with Gasteiger partial charge in [-0.15, -0.1) is 0 Å². The normalized spacial score (nSPS) is 24.7. The van der Waals surface area contributed by atoms with Gasteiger partial charge in [0.1, 0.15) is 6.04 Å². The van der Waals surface area contributed by atoms with Gasteiger partial charge < -0.3 is 10.4 Å². The maximum atomic E-state index is 11.5. The Morgan fingerprint density at radius 3 is 2.89 bits per heavy atom. The van der Waals surface area contributed by atoms with E-state index in [1.807, 2.05) is 12.1 Å². The lowest BCUT2D eigenvalue weighted by molar-refractivity contribution is -0.139. The summed E-state index contributed by atoms with van der Waals surface area (Å²) in [4.78, 5) is 11.5. The Labute approximate surface area is 119 Å². The molecule has 1 fully saturated rings. The number of anilines is 1. The molecule has 1 aromatic carbocycles. The molecule has 2 N–H and O–H groups in total. The van der Waals surface area contributed by atoms with Crippen molar-refractivity contribution in [3.63, 3.8) is 0 Å². The van der Waals surface area contributed by atoms with Crippen LogP contribution in [0.5, 0.6) is 0 Å². The average molecular weight is 282 g/mol. The molecule has 0 bridgehead atoms. The number of hydrogen-bond donors (Lipinski definition) is 2. The summed E-state index contributed by atoms with van der Waals surface area (Å²) in [5.41, 5.74) is 0.776. The van der Waals surface area contributed by atoms with Crippen molar-refractivity contribution in [2.24, 2.45) is 11.8 Å². The molecule has 3 nitrogen and oxygen atoms in total. The number of aliphatic carboxylic acids is 1. The topological polar surface area (TPSA) is 49.3 Å². The van der Waals surface area contributed by atoms with E-state index in [0.29, 0.717) is 10.9 Å². The number of nitrogens with one attached hydrogen (secondary N) is 1. The molecule has 19 heavy (non-hydrogen) atoms. The lowest BCUT2D eigenvalue weighted by atomic mass is 9.78. The van der Waals surface area contributed by atoms with Crippen LogP contribution in [0, 0.1) is 11.8 Å². The third kappa shape index (κ3) is 3.87. The van der Waals surface area contributed by atoms with Gasteiger partial charge in [-0.2, -0.15) is 0 Å². The Morgan fingerprint density at radius 1 is 1.47 bits per heavy atom. The first-order chi connectivity index (χ1) is 9.06. The molecule has 0 heterocycles. The van der Waals surface area contributed by atoms with Gasteiger partial charge in [0.25, 0.3) is 0 Å². The number of halogens is 1. The van der Waals surface area contributed by atoms with Crippen molar-refractivity contribution in [3.8, 4) is 0 Å². The Balaban J connectivity index is 2.09. The van der Waals surface area contributed by atoms with Gasteiger partial charge in [0.05, 0.1) is 0 Å². The van der Waals surface area contributed by atoms with Crippen LogP contribution in [-0.2, 0) is 4.79 Å². The van der Waals surface area contributed by atoms with Crippen LogP contribution in [0.1, 0.15) is 32.6 Å². The van der Waals surface area contributed by atoms with Crippen molar-refractivity contribution in [2.75, 3.05) is 5.32 Å². The largest absolute Gasteiger partial charge is 0.480 e. The second-order valence-electron chi connectivity index (χ2n) is 5.50. The third-order valence-electron chi connectivity index (χ3n) is 3.86. The van der Waals surface area contributed by atoms with E-state index in [1.54, 1.807) is 12.1 Å². The molecule has 3 unspecified atom stereocenters. The lowest BCUT2D eigenvalue weighted by Crippen LogP contribution is -2.39. The second-order valence-corrected chi connectivity index (χ2v) is 5.94. The summed E-state index contributed by atoms with van der Waals surface area (Å²) in [6.45, 7) is 2.20. The van der Waals surface area contributed by atoms with E-state index in [1.165, 1.54) is 6.42 Å². The van der Waals surface area contributed by atoms with Gasteiger partial charge >= 0.3 is 5.97 Å². The van der Waals surface area contributed by atoms with E-state index in [-0.39, 0.29) is 5.92 Å². The first-order valence-corrected chi connectivity index (χ1v) is 7.19. The van der Waals surface area contributed by atoms with Crippen LogP contribution in [0.3, 0.4) is 0 Å². The van der Waals surface area contributed by atoms with Gasteiger partial charge in [0.2, 0.25) is 0 Å². The highest BCUT2D eigenvalue weighted by Gasteiger charge is 2.31. The van der Waals surface area contributed by atoms with Gasteiger partial charge in [-0.1, -0.05) is 37.4 Å². The standard InChI is InChI=1S/C15H20ClNO2/c1-10-4-2-5-11(8-10)14(15(18)19)17-13-7-3-6-12(16)9-13/h3,6-7,9-11,14,17H,2,4-5,8H2,1H3,(H,18,19). The molecule has 1 aliphatic carbocycles. The zero-order valence-electron chi connectivity index (χ0n) is 11.1. The first kappa shape index (κ1) is 14.2. The summed E-state index contributed by atoms with van der Waals surface area (Å²) < 4.78 is 0. The summed E-state index contributed by atoms with van der Waals surface area (Å²) in [6, 6.07) is 6.71. The van der Waals surface area contributed by atoms with Crippen molar-refractivity contribution in [2.45, 2.75) is 38.6 Å². The van der Waals surface area contributed by atoms with Crippen LogP contribution in [0.4, 0.5) is 5.69 Å². The molecule has 1 aromatic rings. The van der Waals surface area contributed by atoms with Crippen molar-refractivity contribution in [3.05, 3.63) is 29.3 Å². The van der Waals surface area contributed by atoms with E-state index in [9.17, 15) is 9.90 Å². The number of rotatable bonds is 4. The molecule has 0 amide bonds. The molecule has 0 spiro atoms. The summed E-state index contributed by atoms with van der Waals surface area (Å²) in [5.74, 6) is 0.0288. The molecular weight excluding hydrogens is 262 g/mol. The fourth-order valence-corrected chi connectivity index (χ4v) is 3.11. The predicted molar refractivity (Wildman–Crippen MR) is 77.6 cm³/mol. The van der Waals surface area contributed by atoms with Crippen molar-refractivity contribution in [1.29, 1.82) is 0 Å². The van der Waals surface area contributed by atoms with E-state index in [2.05, 4.69) is 12.2 Å². The Hall–Kier alpha value is -1.22. The SMILES string of the molecule is CC1CCCC(C(Nc2cccc(Cl)c2)C(=O)O)C1. The highest BCUT2D eigenvalue weighted by Crippen LogP contribution is 2.32. The Bertz CT molecular complexity index is 450. The predicted octanol–water partition coefficient (Wildman–Crippen LogP) is 4.03. The van der Waals surface area contributed by atoms with Crippen LogP contribution in [-0.4, -0.2) is 17.1 Å². The van der Waals surface area contributed by atoms with E-state index in [0.717, 1.165) is 24.9 Å². The molecule has 1 saturated carbocycles. The molecule has 0 aromatic heterocycles. The number of hydrogen-bond acceptors (Lipinski definition) is 2. The Kier molecular flexibility index (Phi) is 4.70. The zero-order valence-corrected chi connectivity index (χ0v) is 11.9. The summed E-state index contributed by atoms with van der Waals surface area (Å²) >= 11 is 5.93. The molecule has 1 aliphatic rings. The first-order valence-electron chi connectivity index (χ1n) is 6.81. The minimum atomic E-state index is -0.779. The number of carboxylic acids is 1. The molecule has 2 rings (SSSR count). The maximum absolute atomic E-state index is 11.5. The summed E-state index contributed by atoms with van der Waals surface area (Å²) in [5, 5.41) is 13.2. The highest BCUT2D eigenvalue weighted by atomic mass is 35.5. The smallest absolute Gasteiger partial charge is 0.326 e. The fraction of sp³-hybridized carbons (Fsp3) is 0.533. The summed E-state index contributed by atoms with van der Waals surface area (Å²) in [7, 11) is 0.